The summed E-state index contributed by atoms with van der Waals surface area (Å²) in [5.41, 5.74) is 9.65. The Morgan fingerprint density at radius 2 is 1.86 bits per heavy atom. The molecule has 37 heavy (non-hydrogen) atoms. The zero-order valence-electron chi connectivity index (χ0n) is 20.0. The molecule has 0 aliphatic carbocycles. The van der Waals surface area contributed by atoms with Gasteiger partial charge in [-0.2, -0.15) is 0 Å². The number of nitrogen functional groups attached to an aromatic ring is 1. The van der Waals surface area contributed by atoms with Crippen LogP contribution in [0.1, 0.15) is 35.1 Å². The number of rotatable bonds is 7. The van der Waals surface area contributed by atoms with Crippen LogP contribution in [0.25, 0.3) is 11.0 Å². The lowest BCUT2D eigenvalue weighted by atomic mass is 10.1. The monoisotopic (exact) mass is 590 g/mol. The molecule has 186 valence electrons. The fraction of sp³-hybridized carbons (Fsp3) is 0.111. The molecule has 0 aliphatic rings. The molecule has 0 atom stereocenters. The fourth-order valence-electron chi connectivity index (χ4n) is 3.56. The van der Waals surface area contributed by atoms with Crippen molar-refractivity contribution in [1.82, 2.24) is 15.0 Å². The molecule has 10 heteroatoms. The van der Waals surface area contributed by atoms with Crippen molar-refractivity contribution in [3.05, 3.63) is 88.1 Å². The van der Waals surface area contributed by atoms with Gasteiger partial charge in [0.15, 0.2) is 5.65 Å². The Balaban J connectivity index is 1.50. The molecule has 2 aromatic carbocycles. The van der Waals surface area contributed by atoms with E-state index in [1.165, 1.54) is 17.7 Å². The summed E-state index contributed by atoms with van der Waals surface area (Å²) in [5.74, 6) is 0.733. The van der Waals surface area contributed by atoms with E-state index in [0.29, 0.717) is 33.6 Å². The highest BCUT2D eigenvalue weighted by molar-refractivity contribution is 9.10. The van der Waals surface area contributed by atoms with Crippen molar-refractivity contribution in [1.29, 1.82) is 0 Å². The number of pyridine rings is 1. The van der Waals surface area contributed by atoms with Crippen molar-refractivity contribution in [2.75, 3.05) is 16.4 Å². The van der Waals surface area contributed by atoms with E-state index in [4.69, 9.17) is 5.73 Å². The number of carbonyl (C=O) groups is 1. The maximum atomic E-state index is 13.1. The molecule has 0 fully saturated rings. The van der Waals surface area contributed by atoms with Crippen molar-refractivity contribution in [2.45, 2.75) is 28.9 Å². The molecule has 0 spiro atoms. The molecule has 0 saturated carbocycles. The number of thiophene rings is 1. The van der Waals surface area contributed by atoms with Crippen LogP contribution < -0.4 is 16.4 Å². The van der Waals surface area contributed by atoms with E-state index in [1.54, 1.807) is 11.8 Å². The Morgan fingerprint density at radius 3 is 2.62 bits per heavy atom. The fourth-order valence-corrected chi connectivity index (χ4v) is 6.13. The summed E-state index contributed by atoms with van der Waals surface area (Å²) in [5, 5.41) is 7.21. The van der Waals surface area contributed by atoms with Crippen molar-refractivity contribution >= 4 is 78.8 Å². The van der Waals surface area contributed by atoms with Gasteiger partial charge in [0.2, 0.25) is 0 Å². The number of fused-ring (bicyclic) bond motifs is 1. The Labute approximate surface area is 231 Å². The van der Waals surface area contributed by atoms with E-state index >= 15 is 0 Å². The van der Waals surface area contributed by atoms with Gasteiger partial charge < -0.3 is 16.4 Å². The van der Waals surface area contributed by atoms with Crippen LogP contribution in [0.4, 0.5) is 22.9 Å². The standard InChI is InChI=1S/C27H23BrN6OS2/c1-15(2)21-11-10-20-24(33-21)30-14-31-25(20)34-22-13-23(26(35)32-18-5-3-4-16(28)12-18)37-27(22)36-19-8-6-17(29)7-9-19/h3-15H,29H2,1-2H3,(H,32,35)(H,30,31,33,34). The molecule has 0 unspecified atom stereocenters. The number of halogens is 1. The van der Waals surface area contributed by atoms with Gasteiger partial charge in [0, 0.05) is 26.4 Å². The molecule has 3 aromatic heterocycles. The minimum absolute atomic E-state index is 0.189. The van der Waals surface area contributed by atoms with Gasteiger partial charge in [-0.25, -0.2) is 15.0 Å². The zero-order chi connectivity index (χ0) is 25.9. The molecule has 0 bridgehead atoms. The minimum Gasteiger partial charge on any atom is -0.399 e. The molecule has 1 amide bonds. The van der Waals surface area contributed by atoms with E-state index in [9.17, 15) is 4.79 Å². The van der Waals surface area contributed by atoms with Crippen molar-refractivity contribution in [3.8, 4) is 0 Å². The quantitative estimate of drug-likeness (QED) is 0.167. The number of carbonyl (C=O) groups excluding carboxylic acids is 1. The van der Waals surface area contributed by atoms with Gasteiger partial charge in [-0.05, 0) is 66.6 Å². The molecule has 5 rings (SSSR count). The highest BCUT2D eigenvalue weighted by atomic mass is 79.9. The number of benzene rings is 2. The van der Waals surface area contributed by atoms with Crippen LogP contribution in [0, 0.1) is 0 Å². The van der Waals surface area contributed by atoms with Crippen LogP contribution in [-0.4, -0.2) is 20.9 Å². The van der Waals surface area contributed by atoms with Crippen molar-refractivity contribution < 1.29 is 4.79 Å². The smallest absolute Gasteiger partial charge is 0.265 e. The topological polar surface area (TPSA) is 106 Å². The number of nitrogens with zero attached hydrogens (tertiary/aromatic N) is 3. The normalized spacial score (nSPS) is 11.1. The Hall–Kier alpha value is -3.47. The highest BCUT2D eigenvalue weighted by Crippen LogP contribution is 2.42. The average Bonchev–Trinajstić information content (AvgIpc) is 3.27. The summed E-state index contributed by atoms with van der Waals surface area (Å²) >= 11 is 6.41. The molecule has 4 N–H and O–H groups in total. The molecule has 0 aliphatic heterocycles. The second-order valence-corrected chi connectivity index (χ2v) is 11.9. The summed E-state index contributed by atoms with van der Waals surface area (Å²) in [6.45, 7) is 4.20. The maximum absolute atomic E-state index is 13.1. The second kappa shape index (κ2) is 10.9. The number of hydrogen-bond donors (Lipinski definition) is 3. The van der Waals surface area contributed by atoms with Gasteiger partial charge in [-0.1, -0.05) is 47.6 Å². The molecule has 5 aromatic rings. The SMILES string of the molecule is CC(C)c1ccc2c(Nc3cc(C(=O)Nc4cccc(Br)c4)sc3Sc3ccc(N)cc3)ncnc2n1. The first-order chi connectivity index (χ1) is 17.9. The Morgan fingerprint density at radius 1 is 1.05 bits per heavy atom. The second-order valence-electron chi connectivity index (χ2n) is 8.56. The zero-order valence-corrected chi connectivity index (χ0v) is 23.2. The van der Waals surface area contributed by atoms with Crippen molar-refractivity contribution in [2.24, 2.45) is 0 Å². The molecular weight excluding hydrogens is 568 g/mol. The summed E-state index contributed by atoms with van der Waals surface area (Å²) in [6, 6.07) is 21.0. The Kier molecular flexibility index (Phi) is 7.40. The third-order valence-electron chi connectivity index (χ3n) is 5.46. The van der Waals surface area contributed by atoms with Crippen LogP contribution in [0.2, 0.25) is 0 Å². The average molecular weight is 592 g/mol. The van der Waals surface area contributed by atoms with Gasteiger partial charge in [0.05, 0.1) is 20.2 Å². The lowest BCUT2D eigenvalue weighted by Gasteiger charge is -2.10. The number of anilines is 4. The predicted octanol–water partition coefficient (Wildman–Crippen LogP) is 7.70. The lowest BCUT2D eigenvalue weighted by molar-refractivity contribution is 0.103. The van der Waals surface area contributed by atoms with Gasteiger partial charge in [-0.15, -0.1) is 11.3 Å². The summed E-state index contributed by atoms with van der Waals surface area (Å²) < 4.78 is 1.81. The minimum atomic E-state index is -0.189. The van der Waals surface area contributed by atoms with E-state index in [1.807, 2.05) is 66.7 Å². The first-order valence-electron chi connectivity index (χ1n) is 11.5. The van der Waals surface area contributed by atoms with Crippen LogP contribution in [0.5, 0.6) is 0 Å². The maximum Gasteiger partial charge on any atom is 0.265 e. The van der Waals surface area contributed by atoms with Crippen LogP contribution in [-0.2, 0) is 0 Å². The highest BCUT2D eigenvalue weighted by Gasteiger charge is 2.18. The number of nitrogens with one attached hydrogen (secondary N) is 2. The van der Waals surface area contributed by atoms with E-state index < -0.39 is 0 Å². The van der Waals surface area contributed by atoms with Gasteiger partial charge >= 0.3 is 0 Å². The van der Waals surface area contributed by atoms with Crippen LogP contribution >= 0.6 is 39.0 Å². The molecule has 0 saturated heterocycles. The van der Waals surface area contributed by atoms with Crippen molar-refractivity contribution in [3.63, 3.8) is 0 Å². The lowest BCUT2D eigenvalue weighted by Crippen LogP contribution is -2.09. The number of amides is 1. The number of nitrogens with two attached hydrogens (primary N) is 1. The summed E-state index contributed by atoms with van der Waals surface area (Å²) in [7, 11) is 0. The van der Waals surface area contributed by atoms with Gasteiger partial charge in [0.25, 0.3) is 5.91 Å². The predicted molar refractivity (Wildman–Crippen MR) is 156 cm³/mol. The number of hydrogen-bond acceptors (Lipinski definition) is 8. The van der Waals surface area contributed by atoms with Crippen LogP contribution in [0.3, 0.4) is 0 Å². The van der Waals surface area contributed by atoms with E-state index in [-0.39, 0.29) is 5.91 Å². The van der Waals surface area contributed by atoms with Gasteiger partial charge in [-0.3, -0.25) is 4.79 Å². The van der Waals surface area contributed by atoms with E-state index in [2.05, 4.69) is 55.4 Å². The summed E-state index contributed by atoms with van der Waals surface area (Å²) in [4.78, 5) is 28.3. The van der Waals surface area contributed by atoms with Crippen LogP contribution in [0.15, 0.2) is 86.6 Å². The number of aromatic nitrogens is 3. The van der Waals surface area contributed by atoms with Gasteiger partial charge in [0.1, 0.15) is 12.1 Å². The molecule has 0 radical (unpaired) electrons. The Bertz CT molecular complexity index is 1590. The molecule has 7 nitrogen and oxygen atoms in total. The van der Waals surface area contributed by atoms with E-state index in [0.717, 1.165) is 30.3 Å². The third-order valence-corrected chi connectivity index (χ3v) is 8.29. The third kappa shape index (κ3) is 5.93. The molecular formula is C27H23BrN6OS2. The first kappa shape index (κ1) is 25.2. The first-order valence-corrected chi connectivity index (χ1v) is 13.9. The largest absolute Gasteiger partial charge is 0.399 e. The summed E-state index contributed by atoms with van der Waals surface area (Å²) in [6.07, 6.45) is 1.50. The molecule has 3 heterocycles.